The molecule has 5 heteroatoms. The van der Waals surface area contributed by atoms with Crippen LogP contribution in [0.1, 0.15) is 36.7 Å². The second-order valence-corrected chi connectivity index (χ2v) is 4.72. The van der Waals surface area contributed by atoms with Crippen molar-refractivity contribution in [3.8, 4) is 0 Å². The Morgan fingerprint density at radius 3 is 3.16 bits per heavy atom. The van der Waals surface area contributed by atoms with Gasteiger partial charge in [-0.05, 0) is 31.4 Å². The SMILES string of the molecule is CCCNc1cccc(C(=O)NC2CCCOC2)n1. The van der Waals surface area contributed by atoms with Gasteiger partial charge in [0.05, 0.1) is 12.6 Å². The molecule has 2 heterocycles. The first-order valence-electron chi connectivity index (χ1n) is 6.89. The molecule has 0 aromatic carbocycles. The molecule has 1 saturated heterocycles. The maximum atomic E-state index is 12.1. The van der Waals surface area contributed by atoms with Crippen LogP contribution in [0.25, 0.3) is 0 Å². The lowest BCUT2D eigenvalue weighted by Gasteiger charge is -2.22. The average Bonchev–Trinajstić information content (AvgIpc) is 2.46. The molecule has 1 aliphatic heterocycles. The first kappa shape index (κ1) is 13.8. The van der Waals surface area contributed by atoms with Crippen molar-refractivity contribution in [3.05, 3.63) is 23.9 Å². The van der Waals surface area contributed by atoms with E-state index in [-0.39, 0.29) is 11.9 Å². The third-order valence-corrected chi connectivity index (χ3v) is 3.03. The van der Waals surface area contributed by atoms with E-state index in [1.54, 1.807) is 6.07 Å². The number of carbonyl (C=O) groups is 1. The minimum atomic E-state index is -0.129. The molecule has 1 fully saturated rings. The number of ether oxygens (including phenoxy) is 1. The van der Waals surface area contributed by atoms with Gasteiger partial charge in [-0.15, -0.1) is 0 Å². The lowest BCUT2D eigenvalue weighted by molar-refractivity contribution is 0.0622. The molecule has 1 unspecified atom stereocenters. The summed E-state index contributed by atoms with van der Waals surface area (Å²) in [6, 6.07) is 5.55. The topological polar surface area (TPSA) is 63.2 Å². The fourth-order valence-electron chi connectivity index (χ4n) is 2.03. The van der Waals surface area contributed by atoms with Gasteiger partial charge in [-0.25, -0.2) is 4.98 Å². The number of amides is 1. The third-order valence-electron chi connectivity index (χ3n) is 3.03. The summed E-state index contributed by atoms with van der Waals surface area (Å²) in [5.41, 5.74) is 0.451. The van der Waals surface area contributed by atoms with Crippen molar-refractivity contribution in [2.45, 2.75) is 32.2 Å². The second kappa shape index (κ2) is 7.09. The van der Waals surface area contributed by atoms with Gasteiger partial charge >= 0.3 is 0 Å². The zero-order valence-electron chi connectivity index (χ0n) is 11.3. The molecule has 2 N–H and O–H groups in total. The van der Waals surface area contributed by atoms with Crippen LogP contribution < -0.4 is 10.6 Å². The summed E-state index contributed by atoms with van der Waals surface area (Å²) in [6.45, 7) is 4.34. The normalized spacial score (nSPS) is 18.9. The molecule has 1 atom stereocenters. The molecule has 1 amide bonds. The quantitative estimate of drug-likeness (QED) is 0.850. The molecular formula is C14H21N3O2. The van der Waals surface area contributed by atoms with E-state index in [1.807, 2.05) is 12.1 Å². The molecule has 0 saturated carbocycles. The number of hydrogen-bond acceptors (Lipinski definition) is 4. The minimum absolute atomic E-state index is 0.107. The summed E-state index contributed by atoms with van der Waals surface area (Å²) in [5.74, 6) is 0.616. The van der Waals surface area contributed by atoms with Gasteiger partial charge in [-0.3, -0.25) is 4.79 Å². The molecule has 1 aromatic rings. The Morgan fingerprint density at radius 1 is 1.53 bits per heavy atom. The number of rotatable bonds is 5. The molecule has 1 aromatic heterocycles. The van der Waals surface area contributed by atoms with Crippen molar-refractivity contribution in [3.63, 3.8) is 0 Å². The monoisotopic (exact) mass is 263 g/mol. The van der Waals surface area contributed by atoms with Crippen LogP contribution in [-0.2, 0) is 4.74 Å². The van der Waals surface area contributed by atoms with Gasteiger partial charge in [0, 0.05) is 13.2 Å². The number of pyridine rings is 1. The highest BCUT2D eigenvalue weighted by molar-refractivity contribution is 5.92. The van der Waals surface area contributed by atoms with E-state index in [0.29, 0.717) is 12.3 Å². The average molecular weight is 263 g/mol. The zero-order valence-corrected chi connectivity index (χ0v) is 11.3. The van der Waals surface area contributed by atoms with E-state index in [4.69, 9.17) is 4.74 Å². The second-order valence-electron chi connectivity index (χ2n) is 4.72. The smallest absolute Gasteiger partial charge is 0.270 e. The zero-order chi connectivity index (χ0) is 13.5. The summed E-state index contributed by atoms with van der Waals surface area (Å²) >= 11 is 0. The number of nitrogens with one attached hydrogen (secondary N) is 2. The number of carbonyl (C=O) groups excluding carboxylic acids is 1. The Labute approximate surface area is 113 Å². The number of hydrogen-bond donors (Lipinski definition) is 2. The number of nitrogens with zero attached hydrogens (tertiary/aromatic N) is 1. The molecule has 0 aliphatic carbocycles. The number of aromatic nitrogens is 1. The minimum Gasteiger partial charge on any atom is -0.379 e. The first-order valence-corrected chi connectivity index (χ1v) is 6.89. The van der Waals surface area contributed by atoms with E-state index >= 15 is 0 Å². The van der Waals surface area contributed by atoms with Crippen LogP contribution in [-0.4, -0.2) is 36.7 Å². The third kappa shape index (κ3) is 4.21. The summed E-state index contributed by atoms with van der Waals surface area (Å²) in [5, 5.41) is 6.14. The molecule has 0 radical (unpaired) electrons. The van der Waals surface area contributed by atoms with Crippen LogP contribution in [0.4, 0.5) is 5.82 Å². The largest absolute Gasteiger partial charge is 0.379 e. The van der Waals surface area contributed by atoms with Crippen molar-refractivity contribution in [1.29, 1.82) is 0 Å². The predicted octanol–water partition coefficient (Wildman–Crippen LogP) is 1.81. The molecular weight excluding hydrogens is 242 g/mol. The summed E-state index contributed by atoms with van der Waals surface area (Å²) in [6.07, 6.45) is 2.99. The van der Waals surface area contributed by atoms with Crippen LogP contribution in [0.2, 0.25) is 0 Å². The lowest BCUT2D eigenvalue weighted by atomic mass is 10.1. The molecule has 0 spiro atoms. The van der Waals surface area contributed by atoms with E-state index in [0.717, 1.165) is 38.2 Å². The predicted molar refractivity (Wildman–Crippen MR) is 74.3 cm³/mol. The Kier molecular flexibility index (Phi) is 5.15. The van der Waals surface area contributed by atoms with Crippen molar-refractivity contribution in [2.75, 3.05) is 25.1 Å². The first-order chi connectivity index (χ1) is 9.29. The highest BCUT2D eigenvalue weighted by Crippen LogP contribution is 2.08. The molecule has 0 bridgehead atoms. The van der Waals surface area contributed by atoms with Gasteiger partial charge in [0.15, 0.2) is 0 Å². The van der Waals surface area contributed by atoms with Crippen molar-refractivity contribution >= 4 is 11.7 Å². The van der Waals surface area contributed by atoms with Gasteiger partial charge in [0.25, 0.3) is 5.91 Å². The Morgan fingerprint density at radius 2 is 2.42 bits per heavy atom. The Hall–Kier alpha value is -1.62. The maximum Gasteiger partial charge on any atom is 0.270 e. The van der Waals surface area contributed by atoms with Gasteiger partial charge in [-0.2, -0.15) is 0 Å². The lowest BCUT2D eigenvalue weighted by Crippen LogP contribution is -2.40. The number of anilines is 1. The fraction of sp³-hybridized carbons (Fsp3) is 0.571. The van der Waals surface area contributed by atoms with E-state index in [1.165, 1.54) is 0 Å². The van der Waals surface area contributed by atoms with Crippen LogP contribution >= 0.6 is 0 Å². The highest BCUT2D eigenvalue weighted by atomic mass is 16.5. The van der Waals surface area contributed by atoms with Crippen LogP contribution in [0.5, 0.6) is 0 Å². The van der Waals surface area contributed by atoms with Crippen LogP contribution in [0.3, 0.4) is 0 Å². The van der Waals surface area contributed by atoms with Crippen LogP contribution in [0.15, 0.2) is 18.2 Å². The van der Waals surface area contributed by atoms with Crippen molar-refractivity contribution in [2.24, 2.45) is 0 Å². The van der Waals surface area contributed by atoms with E-state index in [9.17, 15) is 4.79 Å². The molecule has 104 valence electrons. The molecule has 1 aliphatic rings. The van der Waals surface area contributed by atoms with Gasteiger partial charge < -0.3 is 15.4 Å². The summed E-state index contributed by atoms with van der Waals surface area (Å²) in [7, 11) is 0. The molecule has 2 rings (SSSR count). The Bertz CT molecular complexity index is 417. The maximum absolute atomic E-state index is 12.1. The molecule has 19 heavy (non-hydrogen) atoms. The van der Waals surface area contributed by atoms with Crippen molar-refractivity contribution in [1.82, 2.24) is 10.3 Å². The highest BCUT2D eigenvalue weighted by Gasteiger charge is 2.17. The van der Waals surface area contributed by atoms with E-state index < -0.39 is 0 Å². The van der Waals surface area contributed by atoms with Gasteiger partial charge in [0.1, 0.15) is 11.5 Å². The van der Waals surface area contributed by atoms with Crippen molar-refractivity contribution < 1.29 is 9.53 Å². The van der Waals surface area contributed by atoms with Gasteiger partial charge in [0.2, 0.25) is 0 Å². The van der Waals surface area contributed by atoms with Gasteiger partial charge in [-0.1, -0.05) is 13.0 Å². The molecule has 5 nitrogen and oxygen atoms in total. The van der Waals surface area contributed by atoms with Crippen LogP contribution in [0, 0.1) is 0 Å². The summed E-state index contributed by atoms with van der Waals surface area (Å²) < 4.78 is 5.35. The van der Waals surface area contributed by atoms with E-state index in [2.05, 4.69) is 22.5 Å². The fourth-order valence-corrected chi connectivity index (χ4v) is 2.03. The standard InChI is InChI=1S/C14H21N3O2/c1-2-8-15-13-7-3-6-12(17-13)14(18)16-11-5-4-9-19-10-11/h3,6-7,11H,2,4-5,8-10H2,1H3,(H,15,17)(H,16,18). The Balaban J connectivity index is 1.93. The summed E-state index contributed by atoms with van der Waals surface area (Å²) in [4.78, 5) is 16.4.